The maximum Gasteiger partial charge on any atom is 0.270 e. The number of methoxy groups -OCH3 is 3. The van der Waals surface area contributed by atoms with E-state index in [0.29, 0.717) is 36.0 Å². The minimum atomic E-state index is -0.211. The van der Waals surface area contributed by atoms with Crippen molar-refractivity contribution >= 4 is 5.91 Å². The highest BCUT2D eigenvalue weighted by atomic mass is 16.5. The van der Waals surface area contributed by atoms with Crippen molar-refractivity contribution in [3.63, 3.8) is 0 Å². The summed E-state index contributed by atoms with van der Waals surface area (Å²) in [7, 11) is 4.75. The van der Waals surface area contributed by atoms with Gasteiger partial charge in [-0.15, -0.1) is 0 Å². The highest BCUT2D eigenvalue weighted by molar-refractivity contribution is 5.92. The molecule has 1 N–H and O–H groups in total. The predicted molar refractivity (Wildman–Crippen MR) is 116 cm³/mol. The van der Waals surface area contributed by atoms with Crippen molar-refractivity contribution in [2.45, 2.75) is 12.5 Å². The molecule has 1 aliphatic rings. The molecule has 2 heterocycles. The molecule has 1 unspecified atom stereocenters. The lowest BCUT2D eigenvalue weighted by Gasteiger charge is -2.27. The smallest absolute Gasteiger partial charge is 0.270 e. The van der Waals surface area contributed by atoms with Crippen LogP contribution in [0.15, 0.2) is 54.7 Å². The fourth-order valence-corrected chi connectivity index (χ4v) is 3.70. The summed E-state index contributed by atoms with van der Waals surface area (Å²) in [6.07, 6.45) is 2.28. The van der Waals surface area contributed by atoms with Crippen molar-refractivity contribution in [1.29, 1.82) is 0 Å². The second kappa shape index (κ2) is 8.95. The van der Waals surface area contributed by atoms with Crippen molar-refractivity contribution in [2.75, 3.05) is 27.9 Å². The molecule has 7 heteroatoms. The average Bonchev–Trinajstić information content (AvgIpc) is 2.83. The first kappa shape index (κ1) is 20.5. The molecule has 0 fully saturated rings. The lowest BCUT2D eigenvalue weighted by molar-refractivity contribution is 0.0919. The van der Waals surface area contributed by atoms with E-state index in [0.717, 1.165) is 22.4 Å². The van der Waals surface area contributed by atoms with Gasteiger partial charge in [0.2, 0.25) is 5.75 Å². The van der Waals surface area contributed by atoms with Crippen molar-refractivity contribution in [3.8, 4) is 34.1 Å². The molecule has 1 amide bonds. The van der Waals surface area contributed by atoms with Gasteiger partial charge in [-0.3, -0.25) is 9.78 Å². The SMILES string of the molecule is COc1cc(-c2ccc3c(c2)C(NC(=O)c2ccccn2)CCO3)cc(OC)c1OC. The first-order valence-corrected chi connectivity index (χ1v) is 9.93. The molecule has 3 aromatic rings. The number of nitrogens with one attached hydrogen (secondary N) is 1. The lowest BCUT2D eigenvalue weighted by Crippen LogP contribution is -2.32. The lowest BCUT2D eigenvalue weighted by atomic mass is 9.95. The Kier molecular flexibility index (Phi) is 5.93. The van der Waals surface area contributed by atoms with Gasteiger partial charge >= 0.3 is 0 Å². The predicted octanol–water partition coefficient (Wildman–Crippen LogP) is 4.03. The largest absolute Gasteiger partial charge is 0.493 e. The molecule has 0 radical (unpaired) electrons. The number of benzene rings is 2. The number of carbonyl (C=O) groups is 1. The van der Waals surface area contributed by atoms with E-state index in [1.165, 1.54) is 0 Å². The van der Waals surface area contributed by atoms with Crippen LogP contribution >= 0.6 is 0 Å². The molecule has 0 aliphatic carbocycles. The zero-order valence-electron chi connectivity index (χ0n) is 17.7. The summed E-state index contributed by atoms with van der Waals surface area (Å²) < 4.78 is 22.2. The molecule has 1 aliphatic heterocycles. The summed E-state index contributed by atoms with van der Waals surface area (Å²) in [4.78, 5) is 16.8. The van der Waals surface area contributed by atoms with Crippen LogP contribution in [0, 0.1) is 0 Å². The molecule has 0 spiro atoms. The fraction of sp³-hybridized carbons (Fsp3) is 0.250. The van der Waals surface area contributed by atoms with Gasteiger partial charge in [0.1, 0.15) is 11.4 Å². The van der Waals surface area contributed by atoms with Crippen LogP contribution in [0.3, 0.4) is 0 Å². The quantitative estimate of drug-likeness (QED) is 0.649. The van der Waals surface area contributed by atoms with Crippen LogP contribution in [0.4, 0.5) is 0 Å². The van der Waals surface area contributed by atoms with E-state index in [9.17, 15) is 4.79 Å². The standard InChI is InChI=1S/C24H24N2O5/c1-28-21-13-16(14-22(29-2)23(21)30-3)15-7-8-20-17(12-15)18(9-11-31-20)26-24(27)19-6-4-5-10-25-19/h4-8,10,12-14,18H,9,11H2,1-3H3,(H,26,27). The van der Waals surface area contributed by atoms with Crippen molar-refractivity contribution in [2.24, 2.45) is 0 Å². The van der Waals surface area contributed by atoms with Crippen LogP contribution in [-0.4, -0.2) is 38.8 Å². The molecule has 160 valence electrons. The van der Waals surface area contributed by atoms with Crippen molar-refractivity contribution < 1.29 is 23.7 Å². The molecule has 0 saturated carbocycles. The Balaban J connectivity index is 1.69. The minimum Gasteiger partial charge on any atom is -0.493 e. The number of fused-ring (bicyclic) bond motifs is 1. The second-order valence-electron chi connectivity index (χ2n) is 7.04. The minimum absolute atomic E-state index is 0.180. The molecule has 4 rings (SSSR count). The molecule has 1 aromatic heterocycles. The normalized spacial score (nSPS) is 14.7. The molecule has 0 bridgehead atoms. The molecular formula is C24H24N2O5. The number of rotatable bonds is 6. The second-order valence-corrected chi connectivity index (χ2v) is 7.04. The van der Waals surface area contributed by atoms with Crippen LogP contribution in [0.1, 0.15) is 28.5 Å². The van der Waals surface area contributed by atoms with Gasteiger partial charge < -0.3 is 24.3 Å². The number of hydrogen-bond donors (Lipinski definition) is 1. The summed E-state index contributed by atoms with van der Waals surface area (Å²) >= 11 is 0. The Morgan fingerprint density at radius 3 is 2.42 bits per heavy atom. The number of nitrogens with zero attached hydrogens (tertiary/aromatic N) is 1. The van der Waals surface area contributed by atoms with E-state index in [2.05, 4.69) is 10.3 Å². The van der Waals surface area contributed by atoms with E-state index in [-0.39, 0.29) is 11.9 Å². The average molecular weight is 420 g/mol. The third-order valence-corrected chi connectivity index (χ3v) is 5.25. The maximum atomic E-state index is 12.7. The first-order chi connectivity index (χ1) is 15.1. The third kappa shape index (κ3) is 4.12. The van der Waals surface area contributed by atoms with E-state index in [1.807, 2.05) is 30.3 Å². The number of pyridine rings is 1. The van der Waals surface area contributed by atoms with E-state index in [1.54, 1.807) is 45.7 Å². The summed E-state index contributed by atoms with van der Waals surface area (Å²) in [6.45, 7) is 0.531. The monoisotopic (exact) mass is 420 g/mol. The highest BCUT2D eigenvalue weighted by Gasteiger charge is 2.25. The van der Waals surface area contributed by atoms with Gasteiger partial charge in [0.15, 0.2) is 11.5 Å². The first-order valence-electron chi connectivity index (χ1n) is 9.93. The fourth-order valence-electron chi connectivity index (χ4n) is 3.70. The zero-order chi connectivity index (χ0) is 21.8. The number of ether oxygens (including phenoxy) is 4. The van der Waals surface area contributed by atoms with Crippen molar-refractivity contribution in [1.82, 2.24) is 10.3 Å². The van der Waals surface area contributed by atoms with E-state index in [4.69, 9.17) is 18.9 Å². The Labute approximate surface area is 180 Å². The number of hydrogen-bond acceptors (Lipinski definition) is 6. The van der Waals surface area contributed by atoms with Gasteiger partial charge in [-0.25, -0.2) is 0 Å². The maximum absolute atomic E-state index is 12.7. The summed E-state index contributed by atoms with van der Waals surface area (Å²) in [6, 6.07) is 14.8. The molecular weight excluding hydrogens is 396 g/mol. The van der Waals surface area contributed by atoms with Gasteiger partial charge in [0, 0.05) is 18.2 Å². The Morgan fingerprint density at radius 2 is 1.77 bits per heavy atom. The number of carbonyl (C=O) groups excluding carboxylic acids is 1. The molecule has 31 heavy (non-hydrogen) atoms. The van der Waals surface area contributed by atoms with Crippen molar-refractivity contribution in [3.05, 3.63) is 66.0 Å². The van der Waals surface area contributed by atoms with Gasteiger partial charge in [0.25, 0.3) is 5.91 Å². The topological polar surface area (TPSA) is 78.9 Å². The Bertz CT molecular complexity index is 1060. The molecule has 0 saturated heterocycles. The number of amides is 1. The van der Waals surface area contributed by atoms with Gasteiger partial charge in [-0.2, -0.15) is 0 Å². The highest BCUT2D eigenvalue weighted by Crippen LogP contribution is 2.43. The van der Waals surface area contributed by atoms with E-state index >= 15 is 0 Å². The Hall–Kier alpha value is -3.74. The molecule has 2 aromatic carbocycles. The van der Waals surface area contributed by atoms with Gasteiger partial charge in [-0.1, -0.05) is 12.1 Å². The van der Waals surface area contributed by atoms with Crippen LogP contribution < -0.4 is 24.3 Å². The number of aromatic nitrogens is 1. The van der Waals surface area contributed by atoms with Gasteiger partial charge in [-0.05, 0) is 47.5 Å². The zero-order valence-corrected chi connectivity index (χ0v) is 17.7. The Morgan fingerprint density at radius 1 is 1.00 bits per heavy atom. The third-order valence-electron chi connectivity index (χ3n) is 5.25. The summed E-state index contributed by atoms with van der Waals surface area (Å²) in [5.41, 5.74) is 3.15. The molecule has 1 atom stereocenters. The van der Waals surface area contributed by atoms with Gasteiger partial charge in [0.05, 0.1) is 34.0 Å². The van der Waals surface area contributed by atoms with Crippen LogP contribution in [-0.2, 0) is 0 Å². The summed E-state index contributed by atoms with van der Waals surface area (Å²) in [5.74, 6) is 2.23. The van der Waals surface area contributed by atoms with Crippen LogP contribution in [0.5, 0.6) is 23.0 Å². The van der Waals surface area contributed by atoms with Crippen LogP contribution in [0.25, 0.3) is 11.1 Å². The molecule has 7 nitrogen and oxygen atoms in total. The van der Waals surface area contributed by atoms with Crippen LogP contribution in [0.2, 0.25) is 0 Å². The summed E-state index contributed by atoms with van der Waals surface area (Å²) in [5, 5.41) is 3.08. The van der Waals surface area contributed by atoms with E-state index < -0.39 is 0 Å².